The molecule has 3 aromatic rings. The van der Waals surface area contributed by atoms with Gasteiger partial charge < -0.3 is 5.32 Å². The maximum absolute atomic E-state index is 13.9. The van der Waals surface area contributed by atoms with Gasteiger partial charge in [-0.1, -0.05) is 0 Å². The first-order valence-corrected chi connectivity index (χ1v) is 8.45. The number of carbonyl (C=O) groups excluding carboxylic acids is 3. The molecular formula is C20H13F2N3O3. The average molecular weight is 381 g/mol. The van der Waals surface area contributed by atoms with E-state index in [0.717, 1.165) is 17.0 Å². The summed E-state index contributed by atoms with van der Waals surface area (Å²) in [6.45, 7) is 0. The fraction of sp³-hybridized carbons (Fsp3) is 0.100. The van der Waals surface area contributed by atoms with Gasteiger partial charge in [-0.3, -0.25) is 24.3 Å². The highest BCUT2D eigenvalue weighted by Crippen LogP contribution is 2.26. The van der Waals surface area contributed by atoms with E-state index in [4.69, 9.17) is 0 Å². The summed E-state index contributed by atoms with van der Waals surface area (Å²) in [6, 6.07) is 9.19. The van der Waals surface area contributed by atoms with E-state index in [1.54, 1.807) is 0 Å². The van der Waals surface area contributed by atoms with Crippen LogP contribution in [0.2, 0.25) is 0 Å². The SMILES string of the molecule is O=C(Nc1ccnc2c(F)cc(F)cc12)c1ccc(N2C(=O)CCC2=O)cc1. The standard InChI is InChI=1S/C20H13F2N3O3/c21-12-9-14-16(7-8-23-19(14)15(22)10-12)24-20(28)11-1-3-13(4-2-11)25-17(26)5-6-18(25)27/h1-4,7-10H,5-6H2,(H,23,24,28). The minimum absolute atomic E-state index is 0.0550. The van der Waals surface area contributed by atoms with Crippen LogP contribution in [0.1, 0.15) is 23.2 Å². The second-order valence-electron chi connectivity index (χ2n) is 6.27. The number of rotatable bonds is 3. The lowest BCUT2D eigenvalue weighted by molar-refractivity contribution is -0.121. The highest BCUT2D eigenvalue weighted by molar-refractivity contribution is 6.20. The molecule has 0 saturated carbocycles. The van der Waals surface area contributed by atoms with Crippen molar-refractivity contribution in [2.45, 2.75) is 12.8 Å². The zero-order chi connectivity index (χ0) is 19.8. The van der Waals surface area contributed by atoms with Crippen LogP contribution in [-0.2, 0) is 9.59 Å². The minimum Gasteiger partial charge on any atom is -0.321 e. The van der Waals surface area contributed by atoms with Crippen LogP contribution in [-0.4, -0.2) is 22.7 Å². The minimum atomic E-state index is -0.824. The highest BCUT2D eigenvalue weighted by atomic mass is 19.1. The summed E-state index contributed by atoms with van der Waals surface area (Å²) in [6.07, 6.45) is 1.65. The van der Waals surface area contributed by atoms with E-state index in [2.05, 4.69) is 10.3 Å². The molecule has 0 bridgehead atoms. The largest absolute Gasteiger partial charge is 0.321 e. The first-order valence-electron chi connectivity index (χ1n) is 8.45. The predicted octanol–water partition coefficient (Wildman–Crippen LogP) is 3.42. The molecule has 1 aliphatic rings. The average Bonchev–Trinajstić information content (AvgIpc) is 3.01. The van der Waals surface area contributed by atoms with Gasteiger partial charge in [0.1, 0.15) is 11.3 Å². The van der Waals surface area contributed by atoms with Crippen LogP contribution in [0.15, 0.2) is 48.7 Å². The van der Waals surface area contributed by atoms with Gasteiger partial charge >= 0.3 is 0 Å². The second kappa shape index (κ2) is 6.80. The smallest absolute Gasteiger partial charge is 0.255 e. The Kier molecular flexibility index (Phi) is 4.31. The number of anilines is 2. The third-order valence-corrected chi connectivity index (χ3v) is 4.45. The zero-order valence-corrected chi connectivity index (χ0v) is 14.4. The summed E-state index contributed by atoms with van der Waals surface area (Å²) >= 11 is 0. The number of benzene rings is 2. The van der Waals surface area contributed by atoms with Gasteiger partial charge in [0.05, 0.1) is 11.4 Å². The number of amides is 3. The summed E-state index contributed by atoms with van der Waals surface area (Å²) < 4.78 is 27.4. The molecule has 0 unspecified atom stereocenters. The fourth-order valence-corrected chi connectivity index (χ4v) is 3.11. The molecule has 1 saturated heterocycles. The Morgan fingerprint density at radius 3 is 2.36 bits per heavy atom. The van der Waals surface area contributed by atoms with Gasteiger partial charge in [-0.2, -0.15) is 0 Å². The number of hydrogen-bond donors (Lipinski definition) is 1. The van der Waals surface area contributed by atoms with E-state index < -0.39 is 17.5 Å². The number of halogens is 2. The maximum atomic E-state index is 13.9. The van der Waals surface area contributed by atoms with Crippen molar-refractivity contribution in [1.29, 1.82) is 0 Å². The Balaban J connectivity index is 1.60. The van der Waals surface area contributed by atoms with E-state index >= 15 is 0 Å². The zero-order valence-electron chi connectivity index (χ0n) is 14.4. The fourth-order valence-electron chi connectivity index (χ4n) is 3.11. The van der Waals surface area contributed by atoms with Crippen LogP contribution in [0.4, 0.5) is 20.2 Å². The summed E-state index contributed by atoms with van der Waals surface area (Å²) in [5.41, 5.74) is 0.801. The molecule has 28 heavy (non-hydrogen) atoms. The number of hydrogen-bond acceptors (Lipinski definition) is 4. The van der Waals surface area contributed by atoms with E-state index in [-0.39, 0.29) is 46.8 Å². The summed E-state index contributed by atoms with van der Waals surface area (Å²) in [7, 11) is 0. The molecule has 2 heterocycles. The van der Waals surface area contributed by atoms with Gasteiger partial charge in [0.2, 0.25) is 11.8 Å². The first-order chi connectivity index (χ1) is 13.4. The normalized spacial score (nSPS) is 14.0. The summed E-state index contributed by atoms with van der Waals surface area (Å²) in [5.74, 6) is -2.68. The number of imide groups is 1. The van der Waals surface area contributed by atoms with Crippen molar-refractivity contribution >= 4 is 40.0 Å². The molecule has 1 aromatic heterocycles. The lowest BCUT2D eigenvalue weighted by Crippen LogP contribution is -2.28. The number of nitrogens with zero attached hydrogens (tertiary/aromatic N) is 2. The Morgan fingerprint density at radius 2 is 1.68 bits per heavy atom. The summed E-state index contributed by atoms with van der Waals surface area (Å²) in [4.78, 5) is 41.0. The lowest BCUT2D eigenvalue weighted by atomic mass is 10.1. The quantitative estimate of drug-likeness (QED) is 0.705. The molecule has 4 rings (SSSR count). The number of aromatic nitrogens is 1. The van der Waals surface area contributed by atoms with Gasteiger partial charge in [-0.15, -0.1) is 0 Å². The topological polar surface area (TPSA) is 79.4 Å². The number of carbonyl (C=O) groups is 3. The van der Waals surface area contributed by atoms with Crippen molar-refractivity contribution in [2.75, 3.05) is 10.2 Å². The van der Waals surface area contributed by atoms with Crippen molar-refractivity contribution < 1.29 is 23.2 Å². The van der Waals surface area contributed by atoms with Gasteiger partial charge in [-0.25, -0.2) is 8.78 Å². The van der Waals surface area contributed by atoms with E-state index in [1.807, 2.05) is 0 Å². The van der Waals surface area contributed by atoms with Crippen molar-refractivity contribution in [3.63, 3.8) is 0 Å². The van der Waals surface area contributed by atoms with Gasteiger partial charge in [0.25, 0.3) is 5.91 Å². The van der Waals surface area contributed by atoms with Gasteiger partial charge in [0.15, 0.2) is 5.82 Å². The maximum Gasteiger partial charge on any atom is 0.255 e. The molecule has 0 radical (unpaired) electrons. The van der Waals surface area contributed by atoms with Crippen LogP contribution in [0.3, 0.4) is 0 Å². The van der Waals surface area contributed by atoms with E-state index in [1.165, 1.54) is 36.5 Å². The molecule has 0 aliphatic carbocycles. The van der Waals surface area contributed by atoms with Crippen LogP contribution in [0.25, 0.3) is 10.9 Å². The van der Waals surface area contributed by atoms with Gasteiger partial charge in [-0.05, 0) is 36.4 Å². The molecular weight excluding hydrogens is 368 g/mol. The molecule has 2 aromatic carbocycles. The molecule has 0 spiro atoms. The Morgan fingerprint density at radius 1 is 1.00 bits per heavy atom. The second-order valence-corrected chi connectivity index (χ2v) is 6.27. The van der Waals surface area contributed by atoms with Crippen LogP contribution >= 0.6 is 0 Å². The van der Waals surface area contributed by atoms with Crippen molar-refractivity contribution in [2.24, 2.45) is 0 Å². The molecule has 140 valence electrons. The third kappa shape index (κ3) is 3.09. The molecule has 1 N–H and O–H groups in total. The molecule has 1 aliphatic heterocycles. The van der Waals surface area contributed by atoms with Gasteiger partial charge in [0, 0.05) is 36.1 Å². The highest BCUT2D eigenvalue weighted by Gasteiger charge is 2.30. The number of fused-ring (bicyclic) bond motifs is 1. The monoisotopic (exact) mass is 381 g/mol. The molecule has 3 amide bonds. The Hall–Kier alpha value is -3.68. The predicted molar refractivity (Wildman–Crippen MR) is 97.8 cm³/mol. The molecule has 0 atom stereocenters. The number of pyridine rings is 1. The van der Waals surface area contributed by atoms with E-state index in [0.29, 0.717) is 5.69 Å². The number of nitrogens with one attached hydrogen (secondary N) is 1. The third-order valence-electron chi connectivity index (χ3n) is 4.45. The molecule has 1 fully saturated rings. The van der Waals surface area contributed by atoms with Crippen LogP contribution in [0, 0.1) is 11.6 Å². The Labute approximate surface area is 157 Å². The molecule has 8 heteroatoms. The lowest BCUT2D eigenvalue weighted by Gasteiger charge is -2.14. The first kappa shape index (κ1) is 17.7. The van der Waals surface area contributed by atoms with Crippen molar-refractivity contribution in [3.8, 4) is 0 Å². The summed E-state index contributed by atoms with van der Waals surface area (Å²) in [5, 5.41) is 2.74. The molecule has 6 nitrogen and oxygen atoms in total. The Bertz CT molecular complexity index is 1110. The van der Waals surface area contributed by atoms with Crippen molar-refractivity contribution in [1.82, 2.24) is 4.98 Å². The van der Waals surface area contributed by atoms with Crippen LogP contribution in [0.5, 0.6) is 0 Å². The van der Waals surface area contributed by atoms with Crippen molar-refractivity contribution in [3.05, 3.63) is 65.9 Å². The van der Waals surface area contributed by atoms with E-state index in [9.17, 15) is 23.2 Å². The van der Waals surface area contributed by atoms with Crippen LogP contribution < -0.4 is 10.2 Å².